The Labute approximate surface area is 213 Å². The van der Waals surface area contributed by atoms with Crippen LogP contribution in [0.2, 0.25) is 0 Å². The van der Waals surface area contributed by atoms with Crippen LogP contribution in [0.3, 0.4) is 0 Å². The van der Waals surface area contributed by atoms with Gasteiger partial charge in [-0.1, -0.05) is 49.6 Å². The van der Waals surface area contributed by atoms with Crippen molar-refractivity contribution in [2.45, 2.75) is 44.6 Å². The minimum atomic E-state index is -0.326. The number of fused-ring (bicyclic) bond motifs is 1. The SMILES string of the molecule is O=C1Nc2cc(C(=O)NCCCN3CCN(C4CCCCC4)CC3)ccc2O/C1=C\c1ccccc1. The van der Waals surface area contributed by atoms with E-state index in [1.54, 1.807) is 24.3 Å². The third-order valence-corrected chi connectivity index (χ3v) is 7.47. The zero-order valence-corrected chi connectivity index (χ0v) is 20.9. The number of ether oxygens (including phenoxy) is 1. The van der Waals surface area contributed by atoms with Gasteiger partial charge in [-0.2, -0.15) is 0 Å². The van der Waals surface area contributed by atoms with E-state index in [0.717, 1.165) is 37.7 Å². The van der Waals surface area contributed by atoms with Crippen LogP contribution in [0.25, 0.3) is 6.08 Å². The number of amides is 2. The van der Waals surface area contributed by atoms with Crippen LogP contribution in [0.4, 0.5) is 5.69 Å². The largest absolute Gasteiger partial charge is 0.449 e. The van der Waals surface area contributed by atoms with Crippen LogP contribution < -0.4 is 15.4 Å². The van der Waals surface area contributed by atoms with Crippen molar-refractivity contribution in [1.82, 2.24) is 15.1 Å². The van der Waals surface area contributed by atoms with Crippen molar-refractivity contribution in [3.63, 3.8) is 0 Å². The third-order valence-electron chi connectivity index (χ3n) is 7.47. The molecule has 0 unspecified atom stereocenters. The lowest BCUT2D eigenvalue weighted by atomic mass is 9.94. The van der Waals surface area contributed by atoms with Crippen molar-refractivity contribution in [1.29, 1.82) is 0 Å². The van der Waals surface area contributed by atoms with Gasteiger partial charge in [0.15, 0.2) is 11.5 Å². The van der Waals surface area contributed by atoms with E-state index in [0.29, 0.717) is 23.5 Å². The van der Waals surface area contributed by atoms with E-state index in [2.05, 4.69) is 20.4 Å². The lowest BCUT2D eigenvalue weighted by molar-refractivity contribution is -0.115. The number of hydrogen-bond donors (Lipinski definition) is 2. The smallest absolute Gasteiger partial charge is 0.291 e. The number of carbonyl (C=O) groups excluding carboxylic acids is 2. The zero-order valence-electron chi connectivity index (χ0n) is 20.9. The molecule has 7 heteroatoms. The molecule has 3 aliphatic rings. The third kappa shape index (κ3) is 6.15. The number of anilines is 1. The van der Waals surface area contributed by atoms with Crippen molar-refractivity contribution in [3.8, 4) is 5.75 Å². The van der Waals surface area contributed by atoms with Crippen molar-refractivity contribution in [2.24, 2.45) is 0 Å². The summed E-state index contributed by atoms with van der Waals surface area (Å²) in [6.45, 7) is 6.21. The molecule has 0 bridgehead atoms. The number of piperazine rings is 1. The standard InChI is InChI=1S/C29H36N4O3/c34-28(30-14-7-15-32-16-18-33(19-17-32)24-10-5-2-6-11-24)23-12-13-26-25(21-23)31-29(35)27(36-26)20-22-8-3-1-4-9-22/h1,3-4,8-9,12-13,20-21,24H,2,5-7,10-11,14-19H2,(H,30,34)(H,31,35)/b27-20-. The predicted molar refractivity (Wildman–Crippen MR) is 142 cm³/mol. The summed E-state index contributed by atoms with van der Waals surface area (Å²) in [5.41, 5.74) is 1.90. The molecule has 5 rings (SSSR count). The monoisotopic (exact) mass is 488 g/mol. The summed E-state index contributed by atoms with van der Waals surface area (Å²) in [7, 11) is 0. The van der Waals surface area contributed by atoms with Crippen molar-refractivity contribution < 1.29 is 14.3 Å². The molecule has 2 aliphatic heterocycles. The molecule has 2 N–H and O–H groups in total. The molecule has 2 aromatic carbocycles. The molecule has 1 saturated heterocycles. The molecule has 2 fully saturated rings. The van der Waals surface area contributed by atoms with E-state index in [1.807, 2.05) is 30.3 Å². The Bertz CT molecular complexity index is 1090. The summed E-state index contributed by atoms with van der Waals surface area (Å²) in [6, 6.07) is 15.5. The fourth-order valence-electron chi connectivity index (χ4n) is 5.41. The van der Waals surface area contributed by atoms with Crippen molar-refractivity contribution >= 4 is 23.6 Å². The van der Waals surface area contributed by atoms with E-state index in [4.69, 9.17) is 4.74 Å². The first-order valence-electron chi connectivity index (χ1n) is 13.3. The van der Waals surface area contributed by atoms with Gasteiger partial charge in [-0.25, -0.2) is 0 Å². The van der Waals surface area contributed by atoms with Gasteiger partial charge in [-0.05, 0) is 55.6 Å². The van der Waals surface area contributed by atoms with E-state index in [9.17, 15) is 9.59 Å². The Morgan fingerprint density at radius 1 is 1.03 bits per heavy atom. The molecule has 2 aromatic rings. The summed E-state index contributed by atoms with van der Waals surface area (Å²) >= 11 is 0. The first-order chi connectivity index (χ1) is 17.7. The summed E-state index contributed by atoms with van der Waals surface area (Å²) < 4.78 is 5.80. The molecule has 2 heterocycles. The second-order valence-corrected chi connectivity index (χ2v) is 9.97. The highest BCUT2D eigenvalue weighted by atomic mass is 16.5. The van der Waals surface area contributed by atoms with Gasteiger partial charge in [0.25, 0.3) is 11.8 Å². The lowest BCUT2D eigenvalue weighted by Gasteiger charge is -2.40. The van der Waals surface area contributed by atoms with E-state index in [1.165, 1.54) is 45.2 Å². The summed E-state index contributed by atoms with van der Waals surface area (Å²) in [4.78, 5) is 30.4. The summed E-state index contributed by atoms with van der Waals surface area (Å²) in [5.74, 6) is 0.290. The highest BCUT2D eigenvalue weighted by Crippen LogP contribution is 2.32. The topological polar surface area (TPSA) is 73.9 Å². The van der Waals surface area contributed by atoms with Gasteiger partial charge >= 0.3 is 0 Å². The van der Waals surface area contributed by atoms with Crippen LogP contribution in [-0.2, 0) is 4.79 Å². The second kappa shape index (κ2) is 11.7. The van der Waals surface area contributed by atoms with Gasteiger partial charge in [0.05, 0.1) is 5.69 Å². The highest BCUT2D eigenvalue weighted by Gasteiger charge is 2.25. The first-order valence-corrected chi connectivity index (χ1v) is 13.3. The average Bonchev–Trinajstić information content (AvgIpc) is 2.92. The number of nitrogens with one attached hydrogen (secondary N) is 2. The van der Waals surface area contributed by atoms with Gasteiger partial charge in [-0.15, -0.1) is 0 Å². The van der Waals surface area contributed by atoms with Gasteiger partial charge in [0.1, 0.15) is 0 Å². The van der Waals surface area contributed by atoms with E-state index in [-0.39, 0.29) is 17.6 Å². The molecule has 2 amide bonds. The maximum Gasteiger partial charge on any atom is 0.291 e. The molecular weight excluding hydrogens is 452 g/mol. The molecule has 0 radical (unpaired) electrons. The summed E-state index contributed by atoms with van der Waals surface area (Å²) in [5, 5.41) is 5.86. The maximum atomic E-state index is 12.7. The number of carbonyl (C=O) groups is 2. The van der Waals surface area contributed by atoms with E-state index < -0.39 is 0 Å². The molecule has 1 saturated carbocycles. The molecule has 0 spiro atoms. The number of hydrogen-bond acceptors (Lipinski definition) is 5. The Morgan fingerprint density at radius 2 is 1.81 bits per heavy atom. The van der Waals surface area contributed by atoms with Crippen molar-refractivity contribution in [2.75, 3.05) is 44.6 Å². The van der Waals surface area contributed by atoms with Gasteiger partial charge in [0, 0.05) is 44.3 Å². The Balaban J connectivity index is 1.06. The number of nitrogens with zero attached hydrogens (tertiary/aromatic N) is 2. The van der Waals surface area contributed by atoms with Crippen LogP contribution in [-0.4, -0.2) is 66.9 Å². The van der Waals surface area contributed by atoms with Crippen LogP contribution in [0, 0.1) is 0 Å². The van der Waals surface area contributed by atoms with Gasteiger partial charge in [-0.3, -0.25) is 14.5 Å². The Kier molecular flexibility index (Phi) is 7.98. The number of rotatable bonds is 7. The van der Waals surface area contributed by atoms with Crippen molar-refractivity contribution in [3.05, 3.63) is 65.4 Å². The Hall–Kier alpha value is -3.16. The van der Waals surface area contributed by atoms with Gasteiger partial charge < -0.3 is 20.3 Å². The fraction of sp³-hybridized carbons (Fsp3) is 0.448. The van der Waals surface area contributed by atoms with Crippen LogP contribution in [0.1, 0.15) is 54.4 Å². The minimum absolute atomic E-state index is 0.139. The molecule has 7 nitrogen and oxygen atoms in total. The molecule has 0 aromatic heterocycles. The molecule has 0 atom stereocenters. The molecule has 36 heavy (non-hydrogen) atoms. The second-order valence-electron chi connectivity index (χ2n) is 9.97. The normalized spacial score (nSPS) is 20.4. The van der Waals surface area contributed by atoms with Crippen LogP contribution in [0.15, 0.2) is 54.3 Å². The Morgan fingerprint density at radius 3 is 2.58 bits per heavy atom. The quantitative estimate of drug-likeness (QED) is 0.453. The van der Waals surface area contributed by atoms with E-state index >= 15 is 0 Å². The average molecular weight is 489 g/mol. The highest BCUT2D eigenvalue weighted by molar-refractivity contribution is 6.09. The lowest BCUT2D eigenvalue weighted by Crippen LogP contribution is -2.51. The first kappa shape index (κ1) is 24.5. The molecule has 1 aliphatic carbocycles. The minimum Gasteiger partial charge on any atom is -0.449 e. The zero-order chi connectivity index (χ0) is 24.7. The predicted octanol–water partition coefficient (Wildman–Crippen LogP) is 4.13. The van der Waals surface area contributed by atoms with Crippen LogP contribution in [0.5, 0.6) is 5.75 Å². The molecular formula is C29H36N4O3. The molecule has 190 valence electrons. The fourth-order valence-corrected chi connectivity index (χ4v) is 5.41. The van der Waals surface area contributed by atoms with Crippen LogP contribution >= 0.6 is 0 Å². The summed E-state index contributed by atoms with van der Waals surface area (Å²) in [6.07, 6.45) is 9.55. The van der Waals surface area contributed by atoms with Gasteiger partial charge in [0.2, 0.25) is 0 Å². The number of benzene rings is 2. The maximum absolute atomic E-state index is 12.7.